The SMILES string of the molecule is CC.CC(C)(C)C.CC(C)(C)C.c1ccncc1. The lowest BCUT2D eigenvalue weighted by atomic mass is 10.0. The van der Waals surface area contributed by atoms with Gasteiger partial charge in [-0.2, -0.15) is 0 Å². The second-order valence-corrected chi connectivity index (χ2v) is 7.02. The molecule has 18 heavy (non-hydrogen) atoms. The molecule has 108 valence electrons. The monoisotopic (exact) mass is 253 g/mol. The van der Waals surface area contributed by atoms with E-state index in [1.165, 1.54) is 0 Å². The van der Waals surface area contributed by atoms with Crippen molar-refractivity contribution in [3.8, 4) is 0 Å². The normalized spacial score (nSPS) is 9.67. The van der Waals surface area contributed by atoms with E-state index >= 15 is 0 Å². The van der Waals surface area contributed by atoms with Gasteiger partial charge in [-0.15, -0.1) is 0 Å². The number of rotatable bonds is 0. The molecule has 0 atom stereocenters. The summed E-state index contributed by atoms with van der Waals surface area (Å²) >= 11 is 0. The minimum atomic E-state index is 0.500. The van der Waals surface area contributed by atoms with E-state index < -0.39 is 0 Å². The molecule has 0 saturated carbocycles. The quantitative estimate of drug-likeness (QED) is 0.535. The Morgan fingerprint density at radius 2 is 0.778 bits per heavy atom. The Bertz CT molecular complexity index is 175. The number of nitrogens with zero attached hydrogens (tertiary/aromatic N) is 1. The van der Waals surface area contributed by atoms with E-state index in [-0.39, 0.29) is 0 Å². The van der Waals surface area contributed by atoms with Gasteiger partial charge in [0.15, 0.2) is 0 Å². The molecule has 0 unspecified atom stereocenters. The molecule has 0 fully saturated rings. The minimum Gasteiger partial charge on any atom is -0.265 e. The minimum absolute atomic E-state index is 0.500. The summed E-state index contributed by atoms with van der Waals surface area (Å²) in [5.74, 6) is 0. The maximum Gasteiger partial charge on any atom is 0.0267 e. The van der Waals surface area contributed by atoms with E-state index in [4.69, 9.17) is 0 Å². The maximum atomic E-state index is 3.78. The van der Waals surface area contributed by atoms with Crippen LogP contribution < -0.4 is 0 Å². The second-order valence-electron chi connectivity index (χ2n) is 7.02. The number of hydrogen-bond donors (Lipinski definition) is 0. The smallest absolute Gasteiger partial charge is 0.0267 e. The van der Waals surface area contributed by atoms with Crippen LogP contribution in [0, 0.1) is 10.8 Å². The molecule has 0 aliphatic carbocycles. The largest absolute Gasteiger partial charge is 0.265 e. The van der Waals surface area contributed by atoms with Crippen LogP contribution in [0.3, 0.4) is 0 Å². The van der Waals surface area contributed by atoms with Crippen molar-refractivity contribution in [1.29, 1.82) is 0 Å². The zero-order chi connectivity index (χ0) is 15.2. The third kappa shape index (κ3) is 114. The van der Waals surface area contributed by atoms with Gasteiger partial charge < -0.3 is 0 Å². The highest BCUT2D eigenvalue weighted by Crippen LogP contribution is 2.08. The van der Waals surface area contributed by atoms with Gasteiger partial charge in [0.1, 0.15) is 0 Å². The zero-order valence-electron chi connectivity index (χ0n) is 14.3. The summed E-state index contributed by atoms with van der Waals surface area (Å²) in [5, 5.41) is 0. The predicted molar refractivity (Wildman–Crippen MR) is 85.8 cm³/mol. The van der Waals surface area contributed by atoms with Gasteiger partial charge in [-0.25, -0.2) is 0 Å². The number of aromatic nitrogens is 1. The Balaban J connectivity index is -0.000000177. The van der Waals surface area contributed by atoms with Crippen LogP contribution in [-0.2, 0) is 0 Å². The lowest BCUT2D eigenvalue weighted by Gasteiger charge is -2.05. The van der Waals surface area contributed by atoms with Crippen LogP contribution in [0.2, 0.25) is 0 Å². The van der Waals surface area contributed by atoms with Crippen molar-refractivity contribution in [2.45, 2.75) is 69.2 Å². The average molecular weight is 253 g/mol. The van der Waals surface area contributed by atoms with Crippen molar-refractivity contribution in [2.24, 2.45) is 10.8 Å². The molecule has 0 aromatic carbocycles. The summed E-state index contributed by atoms with van der Waals surface area (Å²) in [6, 6.07) is 5.72. The number of pyridine rings is 1. The molecule has 1 rings (SSSR count). The molecule has 0 amide bonds. The van der Waals surface area contributed by atoms with E-state index in [9.17, 15) is 0 Å². The highest BCUT2D eigenvalue weighted by atomic mass is 14.6. The van der Waals surface area contributed by atoms with Gasteiger partial charge in [-0.3, -0.25) is 4.98 Å². The second kappa shape index (κ2) is 12.6. The van der Waals surface area contributed by atoms with Crippen molar-refractivity contribution in [3.05, 3.63) is 30.6 Å². The Hall–Kier alpha value is -0.850. The van der Waals surface area contributed by atoms with Crippen LogP contribution in [0.5, 0.6) is 0 Å². The molecule has 1 aromatic heterocycles. The fraction of sp³-hybridized carbons (Fsp3) is 0.706. The first kappa shape index (κ1) is 22.3. The molecule has 0 aliphatic rings. The first-order valence-electron chi connectivity index (χ1n) is 6.85. The topological polar surface area (TPSA) is 12.9 Å². The van der Waals surface area contributed by atoms with Crippen LogP contribution in [0.25, 0.3) is 0 Å². The van der Waals surface area contributed by atoms with Gasteiger partial charge in [0.05, 0.1) is 0 Å². The van der Waals surface area contributed by atoms with E-state index in [0.717, 1.165) is 0 Å². The van der Waals surface area contributed by atoms with Crippen molar-refractivity contribution in [3.63, 3.8) is 0 Å². The maximum absolute atomic E-state index is 3.78. The van der Waals surface area contributed by atoms with Crippen molar-refractivity contribution in [1.82, 2.24) is 4.98 Å². The highest BCUT2D eigenvalue weighted by molar-refractivity contribution is 4.88. The fourth-order valence-corrected chi connectivity index (χ4v) is 0.313. The highest BCUT2D eigenvalue weighted by Gasteiger charge is 1.96. The predicted octanol–water partition coefficient (Wildman–Crippen LogP) is 6.21. The third-order valence-electron chi connectivity index (χ3n) is 0.566. The fourth-order valence-electron chi connectivity index (χ4n) is 0.313. The summed E-state index contributed by atoms with van der Waals surface area (Å²) in [7, 11) is 0. The Morgan fingerprint density at radius 3 is 0.833 bits per heavy atom. The summed E-state index contributed by atoms with van der Waals surface area (Å²) < 4.78 is 0. The van der Waals surface area contributed by atoms with Gasteiger partial charge in [-0.1, -0.05) is 75.3 Å². The van der Waals surface area contributed by atoms with Gasteiger partial charge >= 0.3 is 0 Å². The average Bonchev–Trinajstić information content (AvgIpc) is 2.18. The molecule has 0 N–H and O–H groups in total. The molecule has 1 nitrogen and oxygen atoms in total. The van der Waals surface area contributed by atoms with Gasteiger partial charge in [-0.05, 0) is 23.0 Å². The lowest BCUT2D eigenvalue weighted by Crippen LogP contribution is -1.93. The molecule has 1 heterocycles. The molecule has 1 heteroatoms. The Labute approximate surface area is 116 Å². The third-order valence-corrected chi connectivity index (χ3v) is 0.566. The van der Waals surface area contributed by atoms with Crippen LogP contribution in [0.4, 0.5) is 0 Å². The summed E-state index contributed by atoms with van der Waals surface area (Å²) in [5.41, 5.74) is 1.00. The van der Waals surface area contributed by atoms with Crippen LogP contribution >= 0.6 is 0 Å². The molecular formula is C17H35N. The zero-order valence-corrected chi connectivity index (χ0v) is 14.3. The Morgan fingerprint density at radius 1 is 0.556 bits per heavy atom. The molecule has 0 aliphatic heterocycles. The lowest BCUT2D eigenvalue weighted by molar-refractivity contribution is 0.469. The summed E-state index contributed by atoms with van der Waals surface area (Å²) in [6.45, 7) is 21.5. The standard InChI is InChI=1S/C5H5N.2C5H12.C2H6/c1-2-4-6-5-3-1;2*1-5(2,3)4;1-2/h1-5H;2*1-4H3;1-2H3. The molecule has 0 radical (unpaired) electrons. The van der Waals surface area contributed by atoms with E-state index in [2.05, 4.69) is 60.4 Å². The molecule has 0 saturated heterocycles. The van der Waals surface area contributed by atoms with E-state index in [1.807, 2.05) is 32.0 Å². The molecule has 0 bridgehead atoms. The number of hydrogen-bond acceptors (Lipinski definition) is 1. The summed E-state index contributed by atoms with van der Waals surface area (Å²) in [4.78, 5) is 3.78. The van der Waals surface area contributed by atoms with E-state index in [1.54, 1.807) is 12.4 Å². The van der Waals surface area contributed by atoms with E-state index in [0.29, 0.717) is 10.8 Å². The van der Waals surface area contributed by atoms with Gasteiger partial charge in [0.25, 0.3) is 0 Å². The van der Waals surface area contributed by atoms with Gasteiger partial charge in [0, 0.05) is 12.4 Å². The van der Waals surface area contributed by atoms with Crippen molar-refractivity contribution >= 4 is 0 Å². The van der Waals surface area contributed by atoms with Crippen LogP contribution in [-0.4, -0.2) is 4.98 Å². The summed E-state index contributed by atoms with van der Waals surface area (Å²) in [6.07, 6.45) is 3.50. The Kier molecular flexibility index (Phi) is 15.6. The molecular weight excluding hydrogens is 218 g/mol. The van der Waals surface area contributed by atoms with Crippen molar-refractivity contribution in [2.75, 3.05) is 0 Å². The van der Waals surface area contributed by atoms with Crippen molar-refractivity contribution < 1.29 is 0 Å². The molecule has 0 spiro atoms. The van der Waals surface area contributed by atoms with Crippen LogP contribution in [0.1, 0.15) is 69.2 Å². The first-order chi connectivity index (χ1) is 8.00. The van der Waals surface area contributed by atoms with Gasteiger partial charge in [0.2, 0.25) is 0 Å². The molecule has 1 aromatic rings. The first-order valence-corrected chi connectivity index (χ1v) is 6.85. The van der Waals surface area contributed by atoms with Crippen LogP contribution in [0.15, 0.2) is 30.6 Å².